The summed E-state index contributed by atoms with van der Waals surface area (Å²) >= 11 is 0. The van der Waals surface area contributed by atoms with Crippen molar-refractivity contribution in [3.8, 4) is 22.6 Å². The fraction of sp³-hybridized carbons (Fsp3) is 0.314. The van der Waals surface area contributed by atoms with Gasteiger partial charge in [-0.05, 0) is 70.5 Å². The molecule has 4 aromatic rings. The summed E-state index contributed by atoms with van der Waals surface area (Å²) in [5.41, 5.74) is 8.55. The van der Waals surface area contributed by atoms with Crippen molar-refractivity contribution in [2.24, 2.45) is 0 Å². The highest BCUT2D eigenvalue weighted by molar-refractivity contribution is 5.86. The Morgan fingerprint density at radius 3 is 1.41 bits per heavy atom. The van der Waals surface area contributed by atoms with Crippen LogP contribution in [0.1, 0.15) is 33.4 Å². The average molecular weight is 555 g/mol. The monoisotopic (exact) mass is 554 g/mol. The Morgan fingerprint density at radius 1 is 0.537 bits per heavy atom. The van der Waals surface area contributed by atoms with Crippen LogP contribution in [-0.2, 0) is 14.9 Å². The van der Waals surface area contributed by atoms with Crippen molar-refractivity contribution in [1.29, 1.82) is 0 Å². The molecule has 0 fully saturated rings. The first-order chi connectivity index (χ1) is 20.1. The summed E-state index contributed by atoms with van der Waals surface area (Å²) in [6, 6.07) is 30.2. The van der Waals surface area contributed by atoms with Crippen molar-refractivity contribution in [1.82, 2.24) is 0 Å². The minimum Gasteiger partial charge on any atom is -0.491 e. The van der Waals surface area contributed by atoms with E-state index in [0.29, 0.717) is 39.6 Å². The standard InChI is InChI=1S/C35H38O6/c1-25-11-13-27(23-33(25)40-21-19-38-17-15-36)35(28-14-12-26(2)34(24-28)41-22-20-39-18-16-37)31-9-5-3-7-29(31)30-8-4-6-10-32(30)35/h3-14,23-24,36-37H,15-22H2,1-2H3. The lowest BCUT2D eigenvalue weighted by molar-refractivity contribution is 0.0703. The molecule has 6 heteroatoms. The van der Waals surface area contributed by atoms with Gasteiger partial charge in [-0.15, -0.1) is 0 Å². The van der Waals surface area contributed by atoms with Crippen LogP contribution in [0.5, 0.6) is 11.5 Å². The molecule has 0 saturated carbocycles. The van der Waals surface area contributed by atoms with Gasteiger partial charge in [0.1, 0.15) is 24.7 Å². The highest BCUT2D eigenvalue weighted by Gasteiger charge is 2.46. The molecular weight excluding hydrogens is 516 g/mol. The van der Waals surface area contributed by atoms with Crippen LogP contribution in [0.4, 0.5) is 0 Å². The summed E-state index contributed by atoms with van der Waals surface area (Å²) in [4.78, 5) is 0. The summed E-state index contributed by atoms with van der Waals surface area (Å²) in [6.45, 7) is 6.28. The molecule has 0 amide bonds. The lowest BCUT2D eigenvalue weighted by Crippen LogP contribution is -2.29. The number of aliphatic hydroxyl groups is 2. The molecule has 1 aliphatic rings. The van der Waals surface area contributed by atoms with Gasteiger partial charge in [0, 0.05) is 0 Å². The molecule has 2 N–H and O–H groups in total. The third-order valence-electron chi connectivity index (χ3n) is 7.64. The van der Waals surface area contributed by atoms with Crippen LogP contribution >= 0.6 is 0 Å². The molecule has 0 spiro atoms. The Hall–Kier alpha value is -3.68. The molecule has 0 saturated heterocycles. The summed E-state index contributed by atoms with van der Waals surface area (Å²) in [7, 11) is 0. The predicted molar refractivity (Wildman–Crippen MR) is 160 cm³/mol. The molecule has 1 aliphatic carbocycles. The third kappa shape index (κ3) is 5.74. The maximum Gasteiger partial charge on any atom is 0.122 e. The molecule has 6 nitrogen and oxygen atoms in total. The molecule has 0 aliphatic heterocycles. The van der Waals surface area contributed by atoms with Gasteiger partial charge in [0.15, 0.2) is 0 Å². The van der Waals surface area contributed by atoms with Gasteiger partial charge in [-0.2, -0.15) is 0 Å². The second-order valence-corrected chi connectivity index (χ2v) is 10.2. The number of benzene rings is 4. The molecule has 0 bridgehead atoms. The number of aryl methyl sites for hydroxylation is 2. The van der Waals surface area contributed by atoms with E-state index in [1.165, 1.54) is 22.3 Å². The Kier molecular flexibility index (Phi) is 9.37. The van der Waals surface area contributed by atoms with Gasteiger partial charge in [0.2, 0.25) is 0 Å². The van der Waals surface area contributed by atoms with E-state index in [2.05, 4.69) is 84.9 Å². The lowest BCUT2D eigenvalue weighted by atomic mass is 9.67. The first-order valence-corrected chi connectivity index (χ1v) is 14.2. The van der Waals surface area contributed by atoms with Crippen LogP contribution in [0.2, 0.25) is 0 Å². The van der Waals surface area contributed by atoms with Crippen molar-refractivity contribution < 1.29 is 29.2 Å². The molecule has 0 aromatic heterocycles. The molecule has 4 aromatic carbocycles. The van der Waals surface area contributed by atoms with E-state index >= 15 is 0 Å². The minimum atomic E-state index is -0.592. The SMILES string of the molecule is Cc1ccc(C2(c3ccc(C)c(OCCOCCO)c3)c3ccccc3-c3ccccc32)cc1OCCOCCO. The first-order valence-electron chi connectivity index (χ1n) is 14.2. The highest BCUT2D eigenvalue weighted by Crippen LogP contribution is 2.56. The fourth-order valence-corrected chi connectivity index (χ4v) is 5.76. The van der Waals surface area contributed by atoms with Gasteiger partial charge in [0.25, 0.3) is 0 Å². The van der Waals surface area contributed by atoms with Gasteiger partial charge in [-0.25, -0.2) is 0 Å². The lowest BCUT2D eigenvalue weighted by Gasteiger charge is -2.34. The molecular formula is C35H38O6. The number of hydrogen-bond acceptors (Lipinski definition) is 6. The molecule has 0 radical (unpaired) electrons. The Labute approximate surface area is 242 Å². The van der Waals surface area contributed by atoms with E-state index in [1.54, 1.807) is 0 Å². The van der Waals surface area contributed by atoms with Crippen LogP contribution in [0.3, 0.4) is 0 Å². The average Bonchev–Trinajstić information content (AvgIpc) is 3.30. The number of fused-ring (bicyclic) bond motifs is 3. The predicted octanol–water partition coefficient (Wildman–Crippen LogP) is 5.44. The van der Waals surface area contributed by atoms with E-state index in [4.69, 9.17) is 29.2 Å². The van der Waals surface area contributed by atoms with Crippen molar-refractivity contribution in [3.63, 3.8) is 0 Å². The Morgan fingerprint density at radius 2 is 0.976 bits per heavy atom. The normalized spacial score (nSPS) is 13.1. The zero-order valence-electron chi connectivity index (χ0n) is 23.8. The maximum absolute atomic E-state index is 9.01. The maximum atomic E-state index is 9.01. The molecule has 5 rings (SSSR count). The zero-order valence-corrected chi connectivity index (χ0v) is 23.8. The number of rotatable bonds is 14. The van der Waals surface area contributed by atoms with Crippen molar-refractivity contribution in [2.75, 3.05) is 52.9 Å². The van der Waals surface area contributed by atoms with E-state index in [9.17, 15) is 0 Å². The summed E-state index contributed by atoms with van der Waals surface area (Å²) in [6.07, 6.45) is 0. The van der Waals surface area contributed by atoms with E-state index in [1.807, 2.05) is 13.8 Å². The summed E-state index contributed by atoms with van der Waals surface area (Å²) in [5, 5.41) is 18.0. The van der Waals surface area contributed by atoms with Crippen LogP contribution in [0, 0.1) is 13.8 Å². The Balaban J connectivity index is 1.63. The second kappa shape index (κ2) is 13.3. The molecule has 0 atom stereocenters. The van der Waals surface area contributed by atoms with E-state index < -0.39 is 5.41 Å². The van der Waals surface area contributed by atoms with Crippen LogP contribution in [-0.4, -0.2) is 63.1 Å². The van der Waals surface area contributed by atoms with Gasteiger partial charge >= 0.3 is 0 Å². The van der Waals surface area contributed by atoms with Crippen molar-refractivity contribution in [2.45, 2.75) is 19.3 Å². The smallest absolute Gasteiger partial charge is 0.122 e. The van der Waals surface area contributed by atoms with E-state index in [0.717, 1.165) is 33.8 Å². The number of aliphatic hydroxyl groups excluding tert-OH is 2. The molecule has 0 unspecified atom stereocenters. The highest BCUT2D eigenvalue weighted by atomic mass is 16.5. The minimum absolute atomic E-state index is 0.00616. The number of hydrogen-bond donors (Lipinski definition) is 2. The van der Waals surface area contributed by atoms with Gasteiger partial charge in [0.05, 0.1) is 45.1 Å². The molecule has 41 heavy (non-hydrogen) atoms. The quantitative estimate of drug-likeness (QED) is 0.178. The fourth-order valence-electron chi connectivity index (χ4n) is 5.76. The largest absolute Gasteiger partial charge is 0.491 e. The van der Waals surface area contributed by atoms with E-state index in [-0.39, 0.29) is 13.2 Å². The van der Waals surface area contributed by atoms with Crippen LogP contribution in [0.15, 0.2) is 84.9 Å². The summed E-state index contributed by atoms with van der Waals surface area (Å²) in [5.74, 6) is 1.61. The first kappa shape index (κ1) is 28.8. The van der Waals surface area contributed by atoms with Crippen LogP contribution in [0.25, 0.3) is 11.1 Å². The van der Waals surface area contributed by atoms with Crippen molar-refractivity contribution in [3.05, 3.63) is 118 Å². The molecule has 214 valence electrons. The van der Waals surface area contributed by atoms with Crippen molar-refractivity contribution >= 4 is 0 Å². The summed E-state index contributed by atoms with van der Waals surface area (Å²) < 4.78 is 23.3. The number of ether oxygens (including phenoxy) is 4. The molecule has 0 heterocycles. The third-order valence-corrected chi connectivity index (χ3v) is 7.64. The zero-order chi connectivity index (χ0) is 28.7. The van der Waals surface area contributed by atoms with Gasteiger partial charge < -0.3 is 29.2 Å². The second-order valence-electron chi connectivity index (χ2n) is 10.2. The van der Waals surface area contributed by atoms with Gasteiger partial charge in [-0.3, -0.25) is 0 Å². The van der Waals surface area contributed by atoms with Crippen LogP contribution < -0.4 is 9.47 Å². The Bertz CT molecular complexity index is 1350. The topological polar surface area (TPSA) is 77.4 Å². The van der Waals surface area contributed by atoms with Gasteiger partial charge in [-0.1, -0.05) is 72.8 Å².